The SMILES string of the molecule is CCC(CC)(CN)c1nc2cccnc2n1C(C)C. The maximum Gasteiger partial charge on any atom is 0.160 e. The first-order valence-electron chi connectivity index (χ1n) is 7.13. The van der Waals surface area contributed by atoms with Gasteiger partial charge in [0.2, 0.25) is 0 Å². The van der Waals surface area contributed by atoms with Gasteiger partial charge in [-0.15, -0.1) is 0 Å². The molecule has 0 unspecified atom stereocenters. The van der Waals surface area contributed by atoms with Crippen molar-refractivity contribution >= 4 is 11.2 Å². The quantitative estimate of drug-likeness (QED) is 0.899. The summed E-state index contributed by atoms with van der Waals surface area (Å²) < 4.78 is 2.25. The van der Waals surface area contributed by atoms with E-state index >= 15 is 0 Å². The number of aromatic nitrogens is 3. The molecule has 19 heavy (non-hydrogen) atoms. The molecule has 2 heterocycles. The molecule has 2 N–H and O–H groups in total. The van der Waals surface area contributed by atoms with E-state index in [9.17, 15) is 0 Å². The Morgan fingerprint density at radius 1 is 1.32 bits per heavy atom. The third kappa shape index (κ3) is 2.14. The van der Waals surface area contributed by atoms with Crippen LogP contribution in [0.15, 0.2) is 18.3 Å². The van der Waals surface area contributed by atoms with Gasteiger partial charge in [-0.05, 0) is 38.8 Å². The van der Waals surface area contributed by atoms with Gasteiger partial charge in [0, 0.05) is 24.2 Å². The second-order valence-corrected chi connectivity index (χ2v) is 5.44. The van der Waals surface area contributed by atoms with Crippen molar-refractivity contribution in [2.24, 2.45) is 5.73 Å². The minimum absolute atomic E-state index is 0.0506. The maximum absolute atomic E-state index is 6.08. The molecule has 0 bridgehead atoms. The van der Waals surface area contributed by atoms with E-state index in [1.165, 1.54) is 0 Å². The molecule has 0 aliphatic rings. The van der Waals surface area contributed by atoms with Gasteiger partial charge in [0.05, 0.1) is 0 Å². The first kappa shape index (κ1) is 14.0. The number of hydrogen-bond donors (Lipinski definition) is 1. The normalized spacial score (nSPS) is 12.5. The van der Waals surface area contributed by atoms with Crippen LogP contribution in [0.3, 0.4) is 0 Å². The molecular weight excluding hydrogens is 236 g/mol. The predicted molar refractivity (Wildman–Crippen MR) is 79.2 cm³/mol. The molecule has 0 amide bonds. The number of imidazole rings is 1. The predicted octanol–water partition coefficient (Wildman–Crippen LogP) is 3.03. The summed E-state index contributed by atoms with van der Waals surface area (Å²) in [6, 6.07) is 4.29. The molecule has 4 nitrogen and oxygen atoms in total. The Kier molecular flexibility index (Phi) is 3.90. The Bertz CT molecular complexity index is 544. The molecule has 0 saturated carbocycles. The van der Waals surface area contributed by atoms with E-state index < -0.39 is 0 Å². The minimum atomic E-state index is -0.0506. The van der Waals surface area contributed by atoms with Gasteiger partial charge < -0.3 is 10.3 Å². The van der Waals surface area contributed by atoms with Crippen molar-refractivity contribution < 1.29 is 0 Å². The molecule has 2 rings (SSSR count). The number of rotatable bonds is 5. The zero-order valence-corrected chi connectivity index (χ0v) is 12.3. The molecule has 0 radical (unpaired) electrons. The van der Waals surface area contributed by atoms with Crippen LogP contribution in [-0.4, -0.2) is 21.1 Å². The third-order valence-corrected chi connectivity index (χ3v) is 4.18. The fraction of sp³-hybridized carbons (Fsp3) is 0.600. The Hall–Kier alpha value is -1.42. The van der Waals surface area contributed by atoms with Crippen LogP contribution in [0, 0.1) is 0 Å². The van der Waals surface area contributed by atoms with Crippen molar-refractivity contribution in [2.45, 2.75) is 52.0 Å². The average Bonchev–Trinajstić information content (AvgIpc) is 2.81. The van der Waals surface area contributed by atoms with Crippen LogP contribution in [0.2, 0.25) is 0 Å². The van der Waals surface area contributed by atoms with Gasteiger partial charge in [-0.3, -0.25) is 0 Å². The lowest BCUT2D eigenvalue weighted by atomic mass is 9.81. The summed E-state index contributed by atoms with van der Waals surface area (Å²) in [6.45, 7) is 9.34. The second kappa shape index (κ2) is 5.29. The Morgan fingerprint density at radius 2 is 2.00 bits per heavy atom. The minimum Gasteiger partial charge on any atom is -0.329 e. The number of hydrogen-bond acceptors (Lipinski definition) is 3. The van der Waals surface area contributed by atoms with E-state index in [4.69, 9.17) is 10.7 Å². The van der Waals surface area contributed by atoms with Crippen LogP contribution in [0.1, 0.15) is 52.4 Å². The molecule has 0 aromatic carbocycles. The zero-order chi connectivity index (χ0) is 14.0. The van der Waals surface area contributed by atoms with Crippen LogP contribution >= 0.6 is 0 Å². The lowest BCUT2D eigenvalue weighted by molar-refractivity contribution is 0.359. The number of nitrogens with zero attached hydrogens (tertiary/aromatic N) is 3. The molecule has 2 aromatic rings. The average molecular weight is 260 g/mol. The smallest absolute Gasteiger partial charge is 0.160 e. The molecular formula is C15H24N4. The fourth-order valence-electron chi connectivity index (χ4n) is 2.74. The summed E-state index contributed by atoms with van der Waals surface area (Å²) in [6.07, 6.45) is 3.82. The van der Waals surface area contributed by atoms with Crippen molar-refractivity contribution in [3.05, 3.63) is 24.2 Å². The lowest BCUT2D eigenvalue weighted by Crippen LogP contribution is -2.37. The summed E-state index contributed by atoms with van der Waals surface area (Å²) in [7, 11) is 0. The van der Waals surface area contributed by atoms with Gasteiger partial charge in [0.1, 0.15) is 11.3 Å². The molecule has 0 fully saturated rings. The molecule has 0 saturated heterocycles. The first-order valence-corrected chi connectivity index (χ1v) is 7.13. The highest BCUT2D eigenvalue weighted by atomic mass is 15.2. The van der Waals surface area contributed by atoms with E-state index in [0.717, 1.165) is 29.8 Å². The first-order chi connectivity index (χ1) is 9.09. The highest BCUT2D eigenvalue weighted by Crippen LogP contribution is 2.33. The molecule has 0 atom stereocenters. The summed E-state index contributed by atoms with van der Waals surface area (Å²) in [5, 5.41) is 0. The third-order valence-electron chi connectivity index (χ3n) is 4.18. The maximum atomic E-state index is 6.08. The van der Waals surface area contributed by atoms with Crippen LogP contribution < -0.4 is 5.73 Å². The van der Waals surface area contributed by atoms with Crippen molar-refractivity contribution in [2.75, 3.05) is 6.54 Å². The Morgan fingerprint density at radius 3 is 2.53 bits per heavy atom. The fourth-order valence-corrected chi connectivity index (χ4v) is 2.74. The van der Waals surface area contributed by atoms with E-state index in [0.29, 0.717) is 12.6 Å². The second-order valence-electron chi connectivity index (χ2n) is 5.44. The van der Waals surface area contributed by atoms with E-state index in [1.807, 2.05) is 18.3 Å². The molecule has 0 aliphatic carbocycles. The van der Waals surface area contributed by atoms with Gasteiger partial charge in [-0.2, -0.15) is 0 Å². The van der Waals surface area contributed by atoms with Crippen LogP contribution in [0.4, 0.5) is 0 Å². The van der Waals surface area contributed by atoms with Gasteiger partial charge >= 0.3 is 0 Å². The van der Waals surface area contributed by atoms with E-state index in [1.54, 1.807) is 0 Å². The van der Waals surface area contributed by atoms with Crippen molar-refractivity contribution in [3.63, 3.8) is 0 Å². The summed E-state index contributed by atoms with van der Waals surface area (Å²) >= 11 is 0. The molecule has 2 aromatic heterocycles. The summed E-state index contributed by atoms with van der Waals surface area (Å²) in [4.78, 5) is 9.34. The van der Waals surface area contributed by atoms with Crippen molar-refractivity contribution in [3.8, 4) is 0 Å². The lowest BCUT2D eigenvalue weighted by Gasteiger charge is -2.31. The molecule has 0 aliphatic heterocycles. The zero-order valence-electron chi connectivity index (χ0n) is 12.3. The number of pyridine rings is 1. The standard InChI is InChI=1S/C15H24N4/c1-5-15(6-2,10-16)14-18-12-8-7-9-17-13(12)19(14)11(3)4/h7-9,11H,5-6,10,16H2,1-4H3. The van der Waals surface area contributed by atoms with Crippen molar-refractivity contribution in [1.29, 1.82) is 0 Å². The molecule has 0 spiro atoms. The monoisotopic (exact) mass is 260 g/mol. The highest BCUT2D eigenvalue weighted by molar-refractivity contribution is 5.71. The Labute approximate surface area is 115 Å². The molecule has 104 valence electrons. The van der Waals surface area contributed by atoms with Crippen LogP contribution in [0.5, 0.6) is 0 Å². The summed E-state index contributed by atoms with van der Waals surface area (Å²) in [5.41, 5.74) is 7.96. The van der Waals surface area contributed by atoms with E-state index in [2.05, 4.69) is 37.2 Å². The molecule has 4 heteroatoms. The topological polar surface area (TPSA) is 56.7 Å². The van der Waals surface area contributed by atoms with Crippen molar-refractivity contribution in [1.82, 2.24) is 14.5 Å². The Balaban J connectivity index is 2.75. The van der Waals surface area contributed by atoms with Gasteiger partial charge in [0.25, 0.3) is 0 Å². The largest absolute Gasteiger partial charge is 0.329 e. The van der Waals surface area contributed by atoms with Gasteiger partial charge in [-0.1, -0.05) is 13.8 Å². The highest BCUT2D eigenvalue weighted by Gasteiger charge is 2.33. The number of fused-ring (bicyclic) bond motifs is 1. The summed E-state index contributed by atoms with van der Waals surface area (Å²) in [5.74, 6) is 1.09. The van der Waals surface area contributed by atoms with Crippen LogP contribution in [-0.2, 0) is 5.41 Å². The van der Waals surface area contributed by atoms with Gasteiger partial charge in [-0.25, -0.2) is 9.97 Å². The van der Waals surface area contributed by atoms with Crippen LogP contribution in [0.25, 0.3) is 11.2 Å². The van der Waals surface area contributed by atoms with E-state index in [-0.39, 0.29) is 5.41 Å². The van der Waals surface area contributed by atoms with Gasteiger partial charge in [0.15, 0.2) is 5.65 Å². The number of nitrogens with two attached hydrogens (primary N) is 1.